The lowest BCUT2D eigenvalue weighted by atomic mass is 10.1. The highest BCUT2D eigenvalue weighted by Crippen LogP contribution is 2.28. The van der Waals surface area contributed by atoms with E-state index in [0.717, 1.165) is 9.20 Å². The van der Waals surface area contributed by atoms with Crippen LogP contribution in [0.3, 0.4) is 0 Å². The molecule has 0 aliphatic heterocycles. The highest BCUT2D eigenvalue weighted by atomic mass is 32.2. The maximum atomic E-state index is 13.9. The van der Waals surface area contributed by atoms with Crippen molar-refractivity contribution in [2.45, 2.75) is 56.1 Å². The van der Waals surface area contributed by atoms with Crippen molar-refractivity contribution >= 4 is 39.3 Å². The Bertz CT molecular complexity index is 1410. The van der Waals surface area contributed by atoms with Crippen LogP contribution >= 0.6 is 11.8 Å². The van der Waals surface area contributed by atoms with Crippen LogP contribution < -0.4 is 14.4 Å². The zero-order valence-electron chi connectivity index (χ0n) is 23.8. The van der Waals surface area contributed by atoms with Gasteiger partial charge < -0.3 is 15.0 Å². The van der Waals surface area contributed by atoms with E-state index in [-0.39, 0.29) is 23.2 Å². The molecule has 3 aromatic carbocycles. The van der Waals surface area contributed by atoms with Gasteiger partial charge in [-0.2, -0.15) is 0 Å². The van der Waals surface area contributed by atoms with E-state index in [4.69, 9.17) is 4.74 Å². The summed E-state index contributed by atoms with van der Waals surface area (Å²) in [5.41, 5.74) is 0.851. The summed E-state index contributed by atoms with van der Waals surface area (Å²) in [6, 6.07) is 17.3. The molecule has 41 heavy (non-hydrogen) atoms. The average molecular weight is 602 g/mol. The van der Waals surface area contributed by atoms with E-state index in [2.05, 4.69) is 5.32 Å². The van der Waals surface area contributed by atoms with Gasteiger partial charge in [-0.1, -0.05) is 12.1 Å². The van der Waals surface area contributed by atoms with Crippen LogP contribution in [0, 0.1) is 5.82 Å². The molecule has 11 heteroatoms. The topological polar surface area (TPSA) is 96.0 Å². The lowest BCUT2D eigenvalue weighted by molar-refractivity contribution is -0.139. The average Bonchev–Trinajstić information content (AvgIpc) is 2.95. The summed E-state index contributed by atoms with van der Waals surface area (Å²) in [6.45, 7) is 6.88. The Morgan fingerprint density at radius 2 is 1.56 bits per heavy atom. The Labute approximate surface area is 245 Å². The first-order valence-corrected chi connectivity index (χ1v) is 15.9. The molecule has 1 N–H and O–H groups in total. The number of anilines is 1. The first kappa shape index (κ1) is 32.0. The molecule has 0 unspecified atom stereocenters. The van der Waals surface area contributed by atoms with E-state index < -0.39 is 40.2 Å². The quantitative estimate of drug-likeness (QED) is 0.275. The summed E-state index contributed by atoms with van der Waals surface area (Å²) < 4.78 is 48.0. The molecule has 0 aliphatic carbocycles. The molecular weight excluding hydrogens is 565 g/mol. The van der Waals surface area contributed by atoms with Gasteiger partial charge in [0.2, 0.25) is 11.8 Å². The minimum absolute atomic E-state index is 0.0210. The molecule has 0 fully saturated rings. The minimum Gasteiger partial charge on any atom is -0.494 e. The molecule has 2 amide bonds. The first-order chi connectivity index (χ1) is 19.5. The van der Waals surface area contributed by atoms with E-state index >= 15 is 0 Å². The highest BCUT2D eigenvalue weighted by Gasteiger charge is 2.32. The second-order valence-corrected chi connectivity index (χ2v) is 12.3. The number of nitrogens with zero attached hydrogens (tertiary/aromatic N) is 2. The molecule has 0 spiro atoms. The van der Waals surface area contributed by atoms with Crippen LogP contribution in [0.25, 0.3) is 0 Å². The van der Waals surface area contributed by atoms with Crippen molar-refractivity contribution in [2.24, 2.45) is 0 Å². The van der Waals surface area contributed by atoms with Crippen LogP contribution in [0.15, 0.2) is 82.6 Å². The number of carbonyl (C=O) groups is 2. The molecule has 0 bridgehead atoms. The van der Waals surface area contributed by atoms with E-state index in [1.54, 1.807) is 57.2 Å². The van der Waals surface area contributed by atoms with Gasteiger partial charge in [0.25, 0.3) is 10.0 Å². The highest BCUT2D eigenvalue weighted by molar-refractivity contribution is 7.98. The van der Waals surface area contributed by atoms with Crippen LogP contribution in [0.5, 0.6) is 5.75 Å². The van der Waals surface area contributed by atoms with Gasteiger partial charge in [-0.25, -0.2) is 12.8 Å². The summed E-state index contributed by atoms with van der Waals surface area (Å²) >= 11 is 1.48. The standard InChI is InChI=1S/C30H36FN3O5S2/c1-6-39-26-13-11-25(12-14-26)34(41(37,38)28-17-15-27(40-5)16-18-28)20-29(35)33(22(4)30(36)32-21(2)3)19-23-7-9-24(31)10-8-23/h7-18,21-22H,6,19-20H2,1-5H3,(H,32,36)/t22-/m0/s1. The number of halogens is 1. The van der Waals surface area contributed by atoms with Gasteiger partial charge in [-0.15, -0.1) is 11.8 Å². The third-order valence-electron chi connectivity index (χ3n) is 6.23. The van der Waals surface area contributed by atoms with Crippen LogP contribution in [0.2, 0.25) is 0 Å². The largest absolute Gasteiger partial charge is 0.494 e. The zero-order chi connectivity index (χ0) is 30.2. The summed E-state index contributed by atoms with van der Waals surface area (Å²) in [4.78, 5) is 29.1. The van der Waals surface area contributed by atoms with Crippen molar-refractivity contribution in [3.8, 4) is 5.75 Å². The fourth-order valence-electron chi connectivity index (χ4n) is 4.05. The van der Waals surface area contributed by atoms with Crippen molar-refractivity contribution < 1.29 is 27.1 Å². The molecular formula is C30H36FN3O5S2. The molecule has 1 atom stereocenters. The second kappa shape index (κ2) is 14.4. The fourth-order valence-corrected chi connectivity index (χ4v) is 5.88. The van der Waals surface area contributed by atoms with E-state index in [1.165, 1.54) is 53.1 Å². The van der Waals surface area contributed by atoms with Crippen LogP contribution in [0.1, 0.15) is 33.3 Å². The summed E-state index contributed by atoms with van der Waals surface area (Å²) in [5.74, 6) is -0.865. The first-order valence-electron chi connectivity index (χ1n) is 13.2. The van der Waals surface area contributed by atoms with Gasteiger partial charge in [0, 0.05) is 17.5 Å². The predicted octanol–water partition coefficient (Wildman–Crippen LogP) is 5.08. The summed E-state index contributed by atoms with van der Waals surface area (Å²) in [5, 5.41) is 2.80. The van der Waals surface area contributed by atoms with Crippen LogP contribution in [0.4, 0.5) is 10.1 Å². The minimum atomic E-state index is -4.19. The Morgan fingerprint density at radius 1 is 0.951 bits per heavy atom. The molecule has 0 saturated heterocycles. The van der Waals surface area contributed by atoms with Gasteiger partial charge in [-0.05, 0) is 100 Å². The molecule has 0 saturated carbocycles. The second-order valence-electron chi connectivity index (χ2n) is 9.60. The maximum Gasteiger partial charge on any atom is 0.264 e. The van der Waals surface area contributed by atoms with Gasteiger partial charge in [0.05, 0.1) is 17.2 Å². The molecule has 8 nitrogen and oxygen atoms in total. The zero-order valence-corrected chi connectivity index (χ0v) is 25.5. The SMILES string of the molecule is CCOc1ccc(N(CC(=O)N(Cc2ccc(F)cc2)[C@@H](C)C(=O)NC(C)C)S(=O)(=O)c2ccc(SC)cc2)cc1. The normalized spacial score (nSPS) is 12.1. The lowest BCUT2D eigenvalue weighted by Gasteiger charge is -2.32. The van der Waals surface area contributed by atoms with Crippen molar-refractivity contribution in [3.05, 3.63) is 84.2 Å². The van der Waals surface area contributed by atoms with Crippen molar-refractivity contribution in [1.82, 2.24) is 10.2 Å². The van der Waals surface area contributed by atoms with Crippen molar-refractivity contribution in [2.75, 3.05) is 23.7 Å². The van der Waals surface area contributed by atoms with E-state index in [1.807, 2.05) is 13.2 Å². The van der Waals surface area contributed by atoms with Gasteiger partial charge >= 0.3 is 0 Å². The number of hydrogen-bond donors (Lipinski definition) is 1. The third kappa shape index (κ3) is 8.46. The Hall–Kier alpha value is -3.57. The number of hydrogen-bond acceptors (Lipinski definition) is 6. The monoisotopic (exact) mass is 601 g/mol. The third-order valence-corrected chi connectivity index (χ3v) is 8.76. The van der Waals surface area contributed by atoms with Crippen LogP contribution in [-0.4, -0.2) is 56.6 Å². The van der Waals surface area contributed by atoms with Gasteiger partial charge in [0.15, 0.2) is 0 Å². The molecule has 0 aromatic heterocycles. The lowest BCUT2D eigenvalue weighted by Crippen LogP contribution is -2.52. The smallest absolute Gasteiger partial charge is 0.264 e. The van der Waals surface area contributed by atoms with E-state index in [9.17, 15) is 22.4 Å². The Balaban J connectivity index is 2.03. The number of carbonyl (C=O) groups excluding carboxylic acids is 2. The number of thioether (sulfide) groups is 1. The van der Waals surface area contributed by atoms with Crippen molar-refractivity contribution in [3.63, 3.8) is 0 Å². The number of benzene rings is 3. The number of ether oxygens (including phenoxy) is 1. The fraction of sp³-hybridized carbons (Fsp3) is 0.333. The molecule has 3 aromatic rings. The molecule has 0 aliphatic rings. The number of rotatable bonds is 13. The number of nitrogens with one attached hydrogen (secondary N) is 1. The molecule has 3 rings (SSSR count). The number of amides is 2. The Morgan fingerprint density at radius 3 is 2.10 bits per heavy atom. The molecule has 0 heterocycles. The Kier molecular flexibility index (Phi) is 11.2. The van der Waals surface area contributed by atoms with Gasteiger partial charge in [-0.3, -0.25) is 13.9 Å². The van der Waals surface area contributed by atoms with E-state index in [0.29, 0.717) is 17.9 Å². The van der Waals surface area contributed by atoms with Gasteiger partial charge in [0.1, 0.15) is 24.2 Å². The maximum absolute atomic E-state index is 13.9. The predicted molar refractivity (Wildman–Crippen MR) is 160 cm³/mol. The summed E-state index contributed by atoms with van der Waals surface area (Å²) in [6.07, 6.45) is 1.89. The molecule has 220 valence electrons. The van der Waals surface area contributed by atoms with Crippen molar-refractivity contribution in [1.29, 1.82) is 0 Å². The summed E-state index contributed by atoms with van der Waals surface area (Å²) in [7, 11) is -4.19. The number of sulfonamides is 1. The molecule has 0 radical (unpaired) electrons. The van der Waals surface area contributed by atoms with Crippen LogP contribution in [-0.2, 0) is 26.2 Å².